The first-order valence-corrected chi connectivity index (χ1v) is 3.77. The molecule has 0 aliphatic heterocycles. The van der Waals surface area contributed by atoms with Gasteiger partial charge in [0.25, 0.3) is 0 Å². The Morgan fingerprint density at radius 3 is 2.33 bits per heavy atom. The Balaban J connectivity index is 4.22. The lowest BCUT2D eigenvalue weighted by Crippen LogP contribution is -2.47. The molecule has 0 aromatic heterocycles. The summed E-state index contributed by atoms with van der Waals surface area (Å²) in [5.41, 5.74) is 4.81. The van der Waals surface area contributed by atoms with Crippen LogP contribution in [0.25, 0.3) is 0 Å². The molecule has 0 spiro atoms. The van der Waals surface area contributed by atoms with Crippen molar-refractivity contribution in [1.29, 1.82) is 0 Å². The van der Waals surface area contributed by atoms with Crippen LogP contribution in [0.5, 0.6) is 0 Å². The molecule has 0 radical (unpaired) electrons. The van der Waals surface area contributed by atoms with Gasteiger partial charge < -0.3 is 16.2 Å². The van der Waals surface area contributed by atoms with E-state index >= 15 is 0 Å². The Bertz CT molecular complexity index is 181. The van der Waals surface area contributed by atoms with Gasteiger partial charge in [0.15, 0.2) is 0 Å². The van der Waals surface area contributed by atoms with Gasteiger partial charge in [-0.25, -0.2) is 9.59 Å². The summed E-state index contributed by atoms with van der Waals surface area (Å²) in [5, 5.41) is 10.8. The monoisotopic (exact) mass is 175 g/mol. The van der Waals surface area contributed by atoms with Gasteiger partial charge in [-0.15, -0.1) is 0 Å². The van der Waals surface area contributed by atoms with Gasteiger partial charge in [-0.05, 0) is 5.92 Å². The van der Waals surface area contributed by atoms with Crippen molar-refractivity contribution in [2.24, 2.45) is 11.7 Å². The molecular formula is C7H14N2O3. The number of carbonyl (C=O) groups excluding carboxylic acids is 1. The number of carboxylic acids is 1. The second-order valence-electron chi connectivity index (χ2n) is 2.71. The van der Waals surface area contributed by atoms with Crippen LogP contribution in [0.1, 0.15) is 20.3 Å². The fourth-order valence-electron chi connectivity index (χ4n) is 0.836. The maximum Gasteiger partial charge on any atom is 0.326 e. The van der Waals surface area contributed by atoms with Gasteiger partial charge >= 0.3 is 12.0 Å². The Morgan fingerprint density at radius 2 is 2.08 bits per heavy atom. The molecule has 0 bridgehead atoms. The van der Waals surface area contributed by atoms with E-state index in [1.807, 2.05) is 6.92 Å². The van der Waals surface area contributed by atoms with Crippen LogP contribution < -0.4 is 11.1 Å². The molecule has 0 fully saturated rings. The van der Waals surface area contributed by atoms with Crippen molar-refractivity contribution in [1.82, 2.24) is 5.32 Å². The van der Waals surface area contributed by atoms with Crippen LogP contribution in [0.3, 0.4) is 0 Å². The molecule has 5 heteroatoms. The van der Waals surface area contributed by atoms with E-state index < -0.39 is 18.0 Å². The van der Waals surface area contributed by atoms with Crippen LogP contribution in [0.15, 0.2) is 0 Å². The molecule has 0 aromatic rings. The molecule has 2 atom stereocenters. The van der Waals surface area contributed by atoms with E-state index in [9.17, 15) is 9.59 Å². The summed E-state index contributed by atoms with van der Waals surface area (Å²) in [6.07, 6.45) is 0.678. The first-order chi connectivity index (χ1) is 5.49. The van der Waals surface area contributed by atoms with Crippen molar-refractivity contribution in [2.45, 2.75) is 26.3 Å². The second kappa shape index (κ2) is 4.58. The zero-order chi connectivity index (χ0) is 9.72. The minimum atomic E-state index is -1.05. The lowest BCUT2D eigenvalue weighted by molar-refractivity contribution is -0.140. The van der Waals surface area contributed by atoms with Crippen LogP contribution in [-0.4, -0.2) is 23.1 Å². The van der Waals surface area contributed by atoms with Gasteiger partial charge in [-0.2, -0.15) is 0 Å². The third-order valence-corrected chi connectivity index (χ3v) is 1.78. The third kappa shape index (κ3) is 3.23. The minimum Gasteiger partial charge on any atom is -0.480 e. The molecule has 0 rings (SSSR count). The third-order valence-electron chi connectivity index (χ3n) is 1.78. The Labute approximate surface area is 70.9 Å². The standard InChI is InChI=1S/C7H14N2O3/c1-3-4(2)5(6(10)11)9-7(8)12/h4-5H,3H2,1-2H3,(H,10,11)(H3,8,9,12)/t4-,5-/m0/s1/i7+1. The molecular weight excluding hydrogens is 161 g/mol. The van der Waals surface area contributed by atoms with Gasteiger partial charge in [0.2, 0.25) is 0 Å². The lowest BCUT2D eigenvalue weighted by Gasteiger charge is -2.18. The molecule has 2 amide bonds. The molecule has 12 heavy (non-hydrogen) atoms. The van der Waals surface area contributed by atoms with Crippen LogP contribution in [0.4, 0.5) is 4.79 Å². The average Bonchev–Trinajstić information content (AvgIpc) is 1.98. The Kier molecular flexibility index (Phi) is 4.10. The SMILES string of the molecule is CC[C@H](C)[C@H](N[13C](N)=O)C(=O)O. The summed E-state index contributed by atoms with van der Waals surface area (Å²) in [6.45, 7) is 3.60. The summed E-state index contributed by atoms with van der Waals surface area (Å²) in [4.78, 5) is 20.9. The summed E-state index contributed by atoms with van der Waals surface area (Å²) < 4.78 is 0. The van der Waals surface area contributed by atoms with E-state index in [0.29, 0.717) is 6.42 Å². The van der Waals surface area contributed by atoms with Crippen molar-refractivity contribution < 1.29 is 14.7 Å². The number of carbonyl (C=O) groups is 2. The average molecular weight is 175 g/mol. The largest absolute Gasteiger partial charge is 0.480 e. The highest BCUT2D eigenvalue weighted by atomic mass is 16.4. The van der Waals surface area contributed by atoms with Crippen molar-refractivity contribution in [3.05, 3.63) is 0 Å². The van der Waals surface area contributed by atoms with Gasteiger partial charge in [0, 0.05) is 0 Å². The van der Waals surface area contributed by atoms with Crippen molar-refractivity contribution in [3.8, 4) is 0 Å². The smallest absolute Gasteiger partial charge is 0.326 e. The first-order valence-electron chi connectivity index (χ1n) is 3.77. The number of primary amides is 1. The number of hydrogen-bond acceptors (Lipinski definition) is 2. The first kappa shape index (κ1) is 10.7. The number of nitrogens with two attached hydrogens (primary N) is 1. The molecule has 0 aliphatic carbocycles. The van der Waals surface area contributed by atoms with Crippen molar-refractivity contribution >= 4 is 12.0 Å². The molecule has 0 saturated carbocycles. The number of nitrogens with one attached hydrogen (secondary N) is 1. The number of urea groups is 1. The summed E-state index contributed by atoms with van der Waals surface area (Å²) in [6, 6.07) is -1.68. The second-order valence-corrected chi connectivity index (χ2v) is 2.71. The zero-order valence-electron chi connectivity index (χ0n) is 7.20. The van der Waals surface area contributed by atoms with Crippen LogP contribution >= 0.6 is 0 Å². The van der Waals surface area contributed by atoms with E-state index in [4.69, 9.17) is 10.8 Å². The fourth-order valence-corrected chi connectivity index (χ4v) is 0.836. The van der Waals surface area contributed by atoms with Crippen molar-refractivity contribution in [3.63, 3.8) is 0 Å². The molecule has 0 aliphatic rings. The molecule has 0 saturated heterocycles. The maximum atomic E-state index is 10.6. The van der Waals surface area contributed by atoms with Crippen molar-refractivity contribution in [2.75, 3.05) is 0 Å². The molecule has 0 heterocycles. The molecule has 5 nitrogen and oxygen atoms in total. The van der Waals surface area contributed by atoms with Gasteiger partial charge in [0.05, 0.1) is 0 Å². The Morgan fingerprint density at radius 1 is 1.58 bits per heavy atom. The highest BCUT2D eigenvalue weighted by molar-refractivity contribution is 5.81. The minimum absolute atomic E-state index is 0.116. The van der Waals surface area contributed by atoms with Gasteiger partial charge in [0.1, 0.15) is 6.04 Å². The van der Waals surface area contributed by atoms with E-state index in [1.54, 1.807) is 6.92 Å². The molecule has 0 aromatic carbocycles. The Hall–Kier alpha value is -1.26. The molecule has 0 unspecified atom stereocenters. The number of hydrogen-bond donors (Lipinski definition) is 3. The normalized spacial score (nSPS) is 14.8. The summed E-state index contributed by atoms with van der Waals surface area (Å²) >= 11 is 0. The number of carboxylic acid groups (broad SMARTS) is 1. The highest BCUT2D eigenvalue weighted by Gasteiger charge is 2.23. The summed E-state index contributed by atoms with van der Waals surface area (Å²) in [7, 11) is 0. The quantitative estimate of drug-likeness (QED) is 0.531. The topological polar surface area (TPSA) is 92.4 Å². The van der Waals surface area contributed by atoms with Crippen LogP contribution in [0, 0.1) is 5.92 Å². The zero-order valence-corrected chi connectivity index (χ0v) is 7.20. The predicted octanol–water partition coefficient (Wildman–Crippen LogP) is 0.154. The number of amides is 2. The van der Waals surface area contributed by atoms with E-state index in [1.165, 1.54) is 0 Å². The molecule has 70 valence electrons. The van der Waals surface area contributed by atoms with Gasteiger partial charge in [-0.3, -0.25) is 0 Å². The lowest BCUT2D eigenvalue weighted by atomic mass is 10.00. The van der Waals surface area contributed by atoms with Crippen LogP contribution in [0.2, 0.25) is 0 Å². The van der Waals surface area contributed by atoms with Gasteiger partial charge in [-0.1, -0.05) is 20.3 Å². The molecule has 4 N–H and O–H groups in total. The highest BCUT2D eigenvalue weighted by Crippen LogP contribution is 2.07. The number of rotatable bonds is 4. The van der Waals surface area contributed by atoms with E-state index in [2.05, 4.69) is 5.32 Å². The number of aliphatic carboxylic acids is 1. The predicted molar refractivity (Wildman–Crippen MR) is 43.6 cm³/mol. The summed E-state index contributed by atoms with van der Waals surface area (Å²) in [5.74, 6) is -1.17. The van der Waals surface area contributed by atoms with E-state index in [0.717, 1.165) is 0 Å². The van der Waals surface area contributed by atoms with E-state index in [-0.39, 0.29) is 5.92 Å². The maximum absolute atomic E-state index is 10.6. The van der Waals surface area contributed by atoms with Crippen LogP contribution in [-0.2, 0) is 4.79 Å². The fraction of sp³-hybridized carbons (Fsp3) is 0.714.